The topological polar surface area (TPSA) is 97.3 Å². The van der Waals surface area contributed by atoms with Crippen molar-refractivity contribution in [2.75, 3.05) is 28.5 Å². The Balaban J connectivity index is 1.62. The molecule has 1 aromatic carbocycles. The van der Waals surface area contributed by atoms with E-state index in [1.165, 1.54) is 11.3 Å². The first-order valence-electron chi connectivity index (χ1n) is 10.8. The molecule has 1 atom stereocenters. The molecule has 1 unspecified atom stereocenters. The minimum absolute atomic E-state index is 0.209. The number of sulfonamides is 1. The predicted molar refractivity (Wildman–Crippen MR) is 125 cm³/mol. The van der Waals surface area contributed by atoms with Crippen molar-refractivity contribution in [3.63, 3.8) is 0 Å². The van der Waals surface area contributed by atoms with Crippen LogP contribution in [0.5, 0.6) is 5.88 Å². The zero-order valence-electron chi connectivity index (χ0n) is 18.3. The van der Waals surface area contributed by atoms with Gasteiger partial charge in [-0.3, -0.25) is 4.72 Å². The standard InChI is InChI=1S/C21H24F3N5O3S2/c1-2-13-34(30,31)28-18-19(27-16-6-4-3-5-15(16)26-18)32-17(21(22,23)24)14-7-10-29(11-8-14)20-25-9-12-33-20/h3-6,9,12,14,17H,2,7-8,10-11,13H2,1H3,(H,26,28). The quantitative estimate of drug-likeness (QED) is 0.473. The molecule has 0 aliphatic carbocycles. The van der Waals surface area contributed by atoms with Gasteiger partial charge in [-0.25, -0.2) is 23.4 Å². The van der Waals surface area contributed by atoms with Crippen molar-refractivity contribution in [1.82, 2.24) is 15.0 Å². The van der Waals surface area contributed by atoms with Gasteiger partial charge in [0.05, 0.1) is 16.8 Å². The molecule has 0 bridgehead atoms. The molecule has 8 nitrogen and oxygen atoms in total. The van der Waals surface area contributed by atoms with E-state index < -0.39 is 34.1 Å². The number of para-hydroxylation sites is 2. The van der Waals surface area contributed by atoms with E-state index in [-0.39, 0.29) is 24.4 Å². The molecule has 0 amide bonds. The van der Waals surface area contributed by atoms with E-state index in [0.29, 0.717) is 30.5 Å². The minimum atomic E-state index is -4.68. The molecule has 1 aliphatic rings. The first kappa shape index (κ1) is 24.5. The smallest absolute Gasteiger partial charge is 0.425 e. The molecule has 13 heteroatoms. The van der Waals surface area contributed by atoms with Gasteiger partial charge in [0.1, 0.15) is 0 Å². The molecule has 3 aromatic rings. The summed E-state index contributed by atoms with van der Waals surface area (Å²) in [7, 11) is -3.83. The van der Waals surface area contributed by atoms with Crippen LogP contribution in [-0.2, 0) is 10.0 Å². The van der Waals surface area contributed by atoms with E-state index in [2.05, 4.69) is 19.7 Å². The summed E-state index contributed by atoms with van der Waals surface area (Å²) in [5.74, 6) is -1.87. The van der Waals surface area contributed by atoms with Crippen molar-refractivity contribution in [2.24, 2.45) is 5.92 Å². The highest BCUT2D eigenvalue weighted by molar-refractivity contribution is 7.92. The number of thiazole rings is 1. The molecule has 0 spiro atoms. The van der Waals surface area contributed by atoms with E-state index in [1.54, 1.807) is 37.4 Å². The summed E-state index contributed by atoms with van der Waals surface area (Å²) in [6.07, 6.45) is -4.37. The van der Waals surface area contributed by atoms with E-state index >= 15 is 0 Å². The normalized spacial score (nSPS) is 16.5. The third-order valence-electron chi connectivity index (χ3n) is 5.48. The molecule has 2 aromatic heterocycles. The average Bonchev–Trinajstić information content (AvgIpc) is 3.31. The molecule has 4 rings (SSSR count). The summed E-state index contributed by atoms with van der Waals surface area (Å²) < 4.78 is 74.8. The molecule has 0 saturated carbocycles. The second-order valence-corrected chi connectivity index (χ2v) is 10.7. The van der Waals surface area contributed by atoms with Gasteiger partial charge in [-0.2, -0.15) is 13.2 Å². The molecule has 34 heavy (non-hydrogen) atoms. The lowest BCUT2D eigenvalue weighted by molar-refractivity contribution is -0.212. The molecule has 0 radical (unpaired) electrons. The summed E-state index contributed by atoms with van der Waals surface area (Å²) in [4.78, 5) is 14.6. The van der Waals surface area contributed by atoms with Crippen LogP contribution >= 0.6 is 11.3 Å². The van der Waals surface area contributed by atoms with Crippen molar-refractivity contribution < 1.29 is 26.3 Å². The zero-order chi connectivity index (χ0) is 24.3. The Morgan fingerprint density at radius 2 is 1.88 bits per heavy atom. The number of nitrogens with zero attached hydrogens (tertiary/aromatic N) is 4. The average molecular weight is 516 g/mol. The van der Waals surface area contributed by atoms with Crippen LogP contribution in [0.1, 0.15) is 26.2 Å². The second kappa shape index (κ2) is 9.90. The van der Waals surface area contributed by atoms with Gasteiger partial charge in [-0.1, -0.05) is 19.1 Å². The number of nitrogens with one attached hydrogen (secondary N) is 1. The lowest BCUT2D eigenvalue weighted by Crippen LogP contribution is -2.46. The van der Waals surface area contributed by atoms with Gasteiger partial charge in [0.2, 0.25) is 15.8 Å². The molecular formula is C21H24F3N5O3S2. The van der Waals surface area contributed by atoms with Crippen LogP contribution in [0.25, 0.3) is 11.0 Å². The van der Waals surface area contributed by atoms with Gasteiger partial charge in [0.25, 0.3) is 5.88 Å². The Kier molecular flexibility index (Phi) is 7.12. The van der Waals surface area contributed by atoms with Crippen molar-refractivity contribution in [1.29, 1.82) is 0 Å². The molecule has 3 heterocycles. The number of benzene rings is 1. The lowest BCUT2D eigenvalue weighted by Gasteiger charge is -2.36. The summed E-state index contributed by atoms with van der Waals surface area (Å²) in [5, 5.41) is 2.60. The van der Waals surface area contributed by atoms with Crippen LogP contribution in [-0.4, -0.2) is 54.5 Å². The Morgan fingerprint density at radius 1 is 1.21 bits per heavy atom. The fraction of sp³-hybridized carbons (Fsp3) is 0.476. The highest BCUT2D eigenvalue weighted by Crippen LogP contribution is 2.37. The Hall–Kier alpha value is -2.67. The van der Waals surface area contributed by atoms with E-state index in [0.717, 1.165) is 5.13 Å². The largest absolute Gasteiger partial charge is 0.462 e. The molecule has 1 N–H and O–H groups in total. The first-order valence-corrected chi connectivity index (χ1v) is 13.3. The van der Waals surface area contributed by atoms with Crippen molar-refractivity contribution >= 4 is 43.3 Å². The maximum Gasteiger partial charge on any atom is 0.425 e. The van der Waals surface area contributed by atoms with Crippen LogP contribution in [0.4, 0.5) is 24.1 Å². The van der Waals surface area contributed by atoms with Crippen LogP contribution in [0.15, 0.2) is 35.8 Å². The maximum absolute atomic E-state index is 14.1. The number of alkyl halides is 3. The number of piperidine rings is 1. The Labute approximate surface area is 199 Å². The summed E-state index contributed by atoms with van der Waals surface area (Å²) >= 11 is 1.44. The van der Waals surface area contributed by atoms with Gasteiger partial charge in [-0.05, 0) is 31.4 Å². The highest BCUT2D eigenvalue weighted by Gasteiger charge is 2.48. The lowest BCUT2D eigenvalue weighted by atomic mass is 9.91. The van der Waals surface area contributed by atoms with Crippen molar-refractivity contribution in [3.8, 4) is 5.88 Å². The molecule has 1 saturated heterocycles. The number of hydrogen-bond donors (Lipinski definition) is 1. The Bertz CT molecular complexity index is 1210. The van der Waals surface area contributed by atoms with E-state index in [4.69, 9.17) is 4.74 Å². The number of anilines is 2. The van der Waals surface area contributed by atoms with Gasteiger partial charge in [-0.15, -0.1) is 11.3 Å². The number of ether oxygens (including phenoxy) is 1. The van der Waals surface area contributed by atoms with Crippen molar-refractivity contribution in [2.45, 2.75) is 38.5 Å². The van der Waals surface area contributed by atoms with Gasteiger partial charge in [0, 0.05) is 30.6 Å². The number of hydrogen-bond acceptors (Lipinski definition) is 8. The number of rotatable bonds is 8. The number of fused-ring (bicyclic) bond motifs is 1. The summed E-state index contributed by atoms with van der Waals surface area (Å²) in [5.41, 5.74) is 0.639. The van der Waals surface area contributed by atoms with Crippen LogP contribution < -0.4 is 14.4 Å². The first-order chi connectivity index (χ1) is 16.2. The number of halogens is 3. The second-order valence-electron chi connectivity index (χ2n) is 8.01. The summed E-state index contributed by atoms with van der Waals surface area (Å²) in [6, 6.07) is 6.52. The van der Waals surface area contributed by atoms with E-state index in [9.17, 15) is 21.6 Å². The Morgan fingerprint density at radius 3 is 2.47 bits per heavy atom. The SMILES string of the molecule is CCCS(=O)(=O)Nc1nc2ccccc2nc1OC(C1CCN(c2nccs2)CC1)C(F)(F)F. The molecule has 1 fully saturated rings. The van der Waals surface area contributed by atoms with Crippen LogP contribution in [0.3, 0.4) is 0 Å². The van der Waals surface area contributed by atoms with Gasteiger partial charge >= 0.3 is 6.18 Å². The third-order valence-corrected chi connectivity index (χ3v) is 7.76. The summed E-state index contributed by atoms with van der Waals surface area (Å²) in [6.45, 7) is 2.50. The molecule has 184 valence electrons. The fourth-order valence-corrected chi connectivity index (χ4v) is 5.68. The molecular weight excluding hydrogens is 491 g/mol. The fourth-order valence-electron chi connectivity index (χ4n) is 3.92. The van der Waals surface area contributed by atoms with Crippen LogP contribution in [0.2, 0.25) is 0 Å². The predicted octanol–water partition coefficient (Wildman–Crippen LogP) is 4.46. The minimum Gasteiger partial charge on any atom is -0.462 e. The zero-order valence-corrected chi connectivity index (χ0v) is 20.0. The number of aromatic nitrogens is 3. The monoisotopic (exact) mass is 515 g/mol. The third kappa shape index (κ3) is 5.69. The maximum atomic E-state index is 14.1. The molecule has 1 aliphatic heterocycles. The van der Waals surface area contributed by atoms with Gasteiger partial charge in [0.15, 0.2) is 11.2 Å². The van der Waals surface area contributed by atoms with E-state index in [1.807, 2.05) is 10.3 Å². The van der Waals surface area contributed by atoms with Gasteiger partial charge < -0.3 is 9.64 Å². The van der Waals surface area contributed by atoms with Crippen molar-refractivity contribution in [3.05, 3.63) is 35.8 Å². The highest BCUT2D eigenvalue weighted by atomic mass is 32.2. The van der Waals surface area contributed by atoms with Crippen LogP contribution in [0, 0.1) is 5.92 Å².